The zero-order chi connectivity index (χ0) is 17.5. The average molecular weight is 351 g/mol. The van der Waals surface area contributed by atoms with Crippen LogP contribution in [0.15, 0.2) is 23.4 Å². The zero-order valence-corrected chi connectivity index (χ0v) is 14.7. The monoisotopic (exact) mass is 351 g/mol. The van der Waals surface area contributed by atoms with Crippen LogP contribution in [0.25, 0.3) is 0 Å². The lowest BCUT2D eigenvalue weighted by atomic mass is 10.1. The standard InChI is InChI=1S/C15H21N5O3S/c1-10(2)20-12(4-6-17-20)15(21)19-7-5-11(9-19)14-13(8-16-18-14)24(3,22)23/h4,6,8,10-11H,5,7,9H2,1-3H3,(H,16,18). The molecule has 0 bridgehead atoms. The molecule has 0 radical (unpaired) electrons. The van der Waals surface area contributed by atoms with Gasteiger partial charge in [-0.3, -0.25) is 14.6 Å². The molecule has 0 saturated carbocycles. The second kappa shape index (κ2) is 6.04. The highest BCUT2D eigenvalue weighted by Crippen LogP contribution is 2.31. The molecule has 2 aromatic heterocycles. The minimum absolute atomic E-state index is 0.0587. The van der Waals surface area contributed by atoms with Gasteiger partial charge in [0.25, 0.3) is 5.91 Å². The third-order valence-electron chi connectivity index (χ3n) is 4.29. The molecule has 8 nitrogen and oxygen atoms in total. The minimum Gasteiger partial charge on any atom is -0.337 e. The van der Waals surface area contributed by atoms with Crippen LogP contribution in [0.3, 0.4) is 0 Å². The van der Waals surface area contributed by atoms with E-state index in [0.29, 0.717) is 30.9 Å². The van der Waals surface area contributed by atoms with Crippen molar-refractivity contribution in [1.82, 2.24) is 24.9 Å². The Hall–Kier alpha value is -2.16. The molecule has 1 N–H and O–H groups in total. The number of carbonyl (C=O) groups excluding carboxylic acids is 1. The third-order valence-corrected chi connectivity index (χ3v) is 5.42. The van der Waals surface area contributed by atoms with Gasteiger partial charge in [0, 0.05) is 37.5 Å². The van der Waals surface area contributed by atoms with E-state index < -0.39 is 9.84 Å². The molecule has 1 saturated heterocycles. The summed E-state index contributed by atoms with van der Waals surface area (Å²) in [5.41, 5.74) is 1.14. The van der Waals surface area contributed by atoms with Gasteiger partial charge in [0.15, 0.2) is 9.84 Å². The van der Waals surface area contributed by atoms with E-state index in [9.17, 15) is 13.2 Å². The Kier molecular flexibility index (Phi) is 4.20. The minimum atomic E-state index is -3.34. The molecule has 1 aliphatic heterocycles. The van der Waals surface area contributed by atoms with Crippen LogP contribution in [0.1, 0.15) is 48.4 Å². The highest BCUT2D eigenvalue weighted by Gasteiger charge is 2.33. The smallest absolute Gasteiger partial charge is 0.272 e. The molecule has 1 amide bonds. The molecule has 3 rings (SSSR count). The van der Waals surface area contributed by atoms with Crippen LogP contribution < -0.4 is 0 Å². The quantitative estimate of drug-likeness (QED) is 0.892. The maximum Gasteiger partial charge on any atom is 0.272 e. The normalized spacial score (nSPS) is 18.5. The van der Waals surface area contributed by atoms with Crippen LogP contribution in [-0.4, -0.2) is 58.5 Å². The van der Waals surface area contributed by atoms with Crippen molar-refractivity contribution in [3.63, 3.8) is 0 Å². The Morgan fingerprint density at radius 1 is 1.42 bits per heavy atom. The molecule has 0 spiro atoms. The number of carbonyl (C=O) groups is 1. The van der Waals surface area contributed by atoms with Gasteiger partial charge in [0.05, 0.1) is 11.9 Å². The Morgan fingerprint density at radius 2 is 2.17 bits per heavy atom. The number of nitrogens with zero attached hydrogens (tertiary/aromatic N) is 4. The van der Waals surface area contributed by atoms with Gasteiger partial charge in [0.2, 0.25) is 0 Å². The zero-order valence-electron chi connectivity index (χ0n) is 13.9. The van der Waals surface area contributed by atoms with E-state index in [2.05, 4.69) is 15.3 Å². The van der Waals surface area contributed by atoms with Crippen molar-refractivity contribution in [2.45, 2.75) is 37.1 Å². The number of H-pyrrole nitrogens is 1. The van der Waals surface area contributed by atoms with Crippen LogP contribution in [0, 0.1) is 0 Å². The Balaban J connectivity index is 1.80. The van der Waals surface area contributed by atoms with Crippen LogP contribution in [-0.2, 0) is 9.84 Å². The van der Waals surface area contributed by atoms with E-state index in [0.717, 1.165) is 0 Å². The molecule has 9 heteroatoms. The van der Waals surface area contributed by atoms with Gasteiger partial charge in [0.1, 0.15) is 10.6 Å². The predicted octanol–water partition coefficient (Wildman–Crippen LogP) is 1.22. The van der Waals surface area contributed by atoms with Crippen LogP contribution in [0.5, 0.6) is 0 Å². The first-order chi connectivity index (χ1) is 11.3. The van der Waals surface area contributed by atoms with Crippen molar-refractivity contribution in [2.24, 2.45) is 0 Å². The Morgan fingerprint density at radius 3 is 2.83 bits per heavy atom. The number of likely N-dealkylation sites (tertiary alicyclic amines) is 1. The summed E-state index contributed by atoms with van der Waals surface area (Å²) in [4.78, 5) is 14.7. The summed E-state index contributed by atoms with van der Waals surface area (Å²) in [6.07, 6.45) is 4.83. The number of hydrogen-bond acceptors (Lipinski definition) is 5. The van der Waals surface area contributed by atoms with Gasteiger partial charge in [-0.2, -0.15) is 10.2 Å². The first-order valence-electron chi connectivity index (χ1n) is 7.85. The molecule has 3 heterocycles. The van der Waals surface area contributed by atoms with E-state index in [4.69, 9.17) is 0 Å². The molecular weight excluding hydrogens is 330 g/mol. The van der Waals surface area contributed by atoms with E-state index in [-0.39, 0.29) is 22.8 Å². The van der Waals surface area contributed by atoms with E-state index >= 15 is 0 Å². The molecule has 2 aromatic rings. The van der Waals surface area contributed by atoms with Crippen LogP contribution in [0.4, 0.5) is 0 Å². The molecule has 24 heavy (non-hydrogen) atoms. The van der Waals surface area contributed by atoms with Crippen molar-refractivity contribution in [2.75, 3.05) is 19.3 Å². The molecule has 1 aliphatic rings. The predicted molar refractivity (Wildman–Crippen MR) is 87.6 cm³/mol. The SMILES string of the molecule is CC(C)n1nccc1C(=O)N1CCC(c2[nH]ncc2S(C)(=O)=O)C1. The van der Waals surface area contributed by atoms with Crippen molar-refractivity contribution in [1.29, 1.82) is 0 Å². The summed E-state index contributed by atoms with van der Waals surface area (Å²) in [5.74, 6) is -0.138. The molecule has 0 aliphatic carbocycles. The summed E-state index contributed by atoms with van der Waals surface area (Å²) >= 11 is 0. The van der Waals surface area contributed by atoms with Crippen molar-refractivity contribution in [3.8, 4) is 0 Å². The lowest BCUT2D eigenvalue weighted by Gasteiger charge is -2.18. The lowest BCUT2D eigenvalue weighted by Crippen LogP contribution is -2.31. The topological polar surface area (TPSA) is 101 Å². The molecular formula is C15H21N5O3S. The van der Waals surface area contributed by atoms with E-state index in [1.54, 1.807) is 21.8 Å². The molecule has 1 atom stereocenters. The fraction of sp³-hybridized carbons (Fsp3) is 0.533. The molecule has 130 valence electrons. The van der Waals surface area contributed by atoms with Gasteiger partial charge in [-0.25, -0.2) is 8.42 Å². The molecule has 1 fully saturated rings. The summed E-state index contributed by atoms with van der Waals surface area (Å²) in [6, 6.07) is 1.81. The second-order valence-electron chi connectivity index (χ2n) is 6.41. The molecule has 1 unspecified atom stereocenters. The summed E-state index contributed by atoms with van der Waals surface area (Å²) in [5, 5.41) is 10.9. The highest BCUT2D eigenvalue weighted by atomic mass is 32.2. The van der Waals surface area contributed by atoms with Gasteiger partial charge in [-0.1, -0.05) is 0 Å². The largest absolute Gasteiger partial charge is 0.337 e. The second-order valence-corrected chi connectivity index (χ2v) is 8.40. The van der Waals surface area contributed by atoms with E-state index in [1.165, 1.54) is 12.5 Å². The van der Waals surface area contributed by atoms with Crippen molar-refractivity contribution in [3.05, 3.63) is 29.8 Å². The fourth-order valence-corrected chi connectivity index (χ4v) is 3.97. The highest BCUT2D eigenvalue weighted by molar-refractivity contribution is 7.90. The number of rotatable bonds is 4. The molecule has 0 aromatic carbocycles. The fourth-order valence-electron chi connectivity index (χ4n) is 3.11. The average Bonchev–Trinajstić information content (AvgIpc) is 3.23. The number of aromatic nitrogens is 4. The first kappa shape index (κ1) is 16.7. The van der Waals surface area contributed by atoms with Gasteiger partial charge < -0.3 is 4.90 Å². The third kappa shape index (κ3) is 2.95. The first-order valence-corrected chi connectivity index (χ1v) is 9.74. The Labute approximate surface area is 140 Å². The summed E-state index contributed by atoms with van der Waals surface area (Å²) < 4.78 is 25.4. The van der Waals surface area contributed by atoms with Gasteiger partial charge >= 0.3 is 0 Å². The number of hydrogen-bond donors (Lipinski definition) is 1. The maximum absolute atomic E-state index is 12.8. The van der Waals surface area contributed by atoms with Gasteiger partial charge in [-0.15, -0.1) is 0 Å². The number of nitrogens with one attached hydrogen (secondary N) is 1. The van der Waals surface area contributed by atoms with Crippen LogP contribution in [0.2, 0.25) is 0 Å². The van der Waals surface area contributed by atoms with Crippen LogP contribution >= 0.6 is 0 Å². The number of amides is 1. The van der Waals surface area contributed by atoms with Crippen molar-refractivity contribution < 1.29 is 13.2 Å². The summed E-state index contributed by atoms with van der Waals surface area (Å²) in [7, 11) is -3.34. The summed E-state index contributed by atoms with van der Waals surface area (Å²) in [6.45, 7) is 4.99. The maximum atomic E-state index is 12.8. The van der Waals surface area contributed by atoms with Gasteiger partial charge in [-0.05, 0) is 26.3 Å². The van der Waals surface area contributed by atoms with Crippen molar-refractivity contribution >= 4 is 15.7 Å². The lowest BCUT2D eigenvalue weighted by molar-refractivity contribution is 0.0776. The Bertz CT molecular complexity index is 852. The number of aromatic amines is 1. The van der Waals surface area contributed by atoms with E-state index in [1.807, 2.05) is 13.8 Å². The number of sulfone groups is 1.